The van der Waals surface area contributed by atoms with E-state index in [0.29, 0.717) is 5.16 Å². The van der Waals surface area contributed by atoms with Gasteiger partial charge in [-0.25, -0.2) is 0 Å². The summed E-state index contributed by atoms with van der Waals surface area (Å²) in [7, 11) is 1.16. The smallest absolute Gasteiger partial charge is 0.0161 e. The normalized spacial score (nSPS) is 38.9. The zero-order chi connectivity index (χ0) is 8.18. The van der Waals surface area contributed by atoms with Crippen molar-refractivity contribution in [3.63, 3.8) is 0 Å². The van der Waals surface area contributed by atoms with Crippen LogP contribution in [0.1, 0.15) is 24.5 Å². The standard InChI is InChI=1S/C11H13P/c1-8-6-11(8)10-5-3-2-4-9(10)7-12-11/h2-5,8,12H,6-7H2,1H3/t8-,11-/m0/s1. The Labute approximate surface area is 75.2 Å². The number of hydrogen-bond donors (Lipinski definition) is 0. The van der Waals surface area contributed by atoms with E-state index in [1.54, 1.807) is 11.1 Å². The molecule has 1 unspecified atom stereocenters. The topological polar surface area (TPSA) is 0 Å². The molecule has 1 aliphatic heterocycles. The molecule has 1 heteroatoms. The Morgan fingerprint density at radius 1 is 1.42 bits per heavy atom. The summed E-state index contributed by atoms with van der Waals surface area (Å²) >= 11 is 0. The first kappa shape index (κ1) is 7.09. The molecular weight excluding hydrogens is 163 g/mol. The molecule has 12 heavy (non-hydrogen) atoms. The van der Waals surface area contributed by atoms with Gasteiger partial charge in [-0.15, -0.1) is 8.58 Å². The fraction of sp³-hybridized carbons (Fsp3) is 0.455. The summed E-state index contributed by atoms with van der Waals surface area (Å²) in [5.74, 6) is 0.958. The quantitative estimate of drug-likeness (QED) is 0.533. The van der Waals surface area contributed by atoms with Crippen molar-refractivity contribution < 1.29 is 0 Å². The van der Waals surface area contributed by atoms with Crippen LogP contribution in [0.2, 0.25) is 0 Å². The summed E-state index contributed by atoms with van der Waals surface area (Å²) in [6.07, 6.45) is 2.79. The molecule has 62 valence electrons. The molecule has 0 radical (unpaired) electrons. The maximum absolute atomic E-state index is 2.40. The summed E-state index contributed by atoms with van der Waals surface area (Å²) in [5, 5.41) is 0.663. The van der Waals surface area contributed by atoms with Gasteiger partial charge in [-0.3, -0.25) is 0 Å². The van der Waals surface area contributed by atoms with Gasteiger partial charge in [-0.2, -0.15) is 0 Å². The lowest BCUT2D eigenvalue weighted by molar-refractivity contribution is 0.869. The molecule has 1 aromatic rings. The van der Waals surface area contributed by atoms with E-state index in [9.17, 15) is 0 Å². The zero-order valence-corrected chi connectivity index (χ0v) is 8.30. The van der Waals surface area contributed by atoms with Crippen molar-refractivity contribution in [1.29, 1.82) is 0 Å². The van der Waals surface area contributed by atoms with Crippen LogP contribution in [0.15, 0.2) is 24.3 Å². The van der Waals surface area contributed by atoms with E-state index in [-0.39, 0.29) is 0 Å². The lowest BCUT2D eigenvalue weighted by Gasteiger charge is -2.08. The van der Waals surface area contributed by atoms with Crippen molar-refractivity contribution in [2.24, 2.45) is 5.92 Å². The predicted molar refractivity (Wildman–Crippen MR) is 53.9 cm³/mol. The van der Waals surface area contributed by atoms with Crippen molar-refractivity contribution >= 4 is 8.58 Å². The minimum atomic E-state index is 0.663. The molecular formula is C11H13P. The van der Waals surface area contributed by atoms with Gasteiger partial charge in [0, 0.05) is 5.16 Å². The van der Waals surface area contributed by atoms with Gasteiger partial charge in [0.05, 0.1) is 0 Å². The fourth-order valence-corrected chi connectivity index (χ4v) is 4.55. The van der Waals surface area contributed by atoms with Gasteiger partial charge in [0.2, 0.25) is 0 Å². The molecule has 1 heterocycles. The van der Waals surface area contributed by atoms with Crippen LogP contribution in [-0.2, 0) is 11.3 Å². The lowest BCUT2D eigenvalue weighted by Crippen LogP contribution is -1.96. The number of rotatable bonds is 0. The Balaban J connectivity index is 2.15. The molecule has 0 amide bonds. The first-order valence-corrected chi connectivity index (χ1v) is 5.87. The van der Waals surface area contributed by atoms with E-state index in [1.807, 2.05) is 0 Å². The van der Waals surface area contributed by atoms with Crippen molar-refractivity contribution in [3.8, 4) is 0 Å². The van der Waals surface area contributed by atoms with Crippen molar-refractivity contribution in [3.05, 3.63) is 35.4 Å². The highest BCUT2D eigenvalue weighted by Gasteiger charge is 2.55. The molecule has 3 rings (SSSR count). The fourth-order valence-electron chi connectivity index (χ4n) is 2.50. The second kappa shape index (κ2) is 2.12. The Morgan fingerprint density at radius 2 is 2.17 bits per heavy atom. The van der Waals surface area contributed by atoms with E-state index < -0.39 is 0 Å². The van der Waals surface area contributed by atoms with E-state index in [4.69, 9.17) is 0 Å². The van der Waals surface area contributed by atoms with Crippen LogP contribution in [0.3, 0.4) is 0 Å². The van der Waals surface area contributed by atoms with E-state index in [2.05, 4.69) is 31.2 Å². The molecule has 3 atom stereocenters. The molecule has 1 fully saturated rings. The highest BCUT2D eigenvalue weighted by Crippen LogP contribution is 2.70. The maximum Gasteiger partial charge on any atom is 0.0161 e. The van der Waals surface area contributed by atoms with Crippen LogP contribution in [0, 0.1) is 5.92 Å². The van der Waals surface area contributed by atoms with E-state index in [1.165, 1.54) is 12.6 Å². The first-order chi connectivity index (χ1) is 5.83. The maximum atomic E-state index is 2.40. The van der Waals surface area contributed by atoms with Crippen molar-refractivity contribution in [2.75, 3.05) is 0 Å². The second-order valence-corrected chi connectivity index (χ2v) is 5.69. The number of benzene rings is 1. The van der Waals surface area contributed by atoms with Gasteiger partial charge in [0.15, 0.2) is 0 Å². The summed E-state index contributed by atoms with van der Waals surface area (Å²) in [6, 6.07) is 9.03. The van der Waals surface area contributed by atoms with Crippen LogP contribution in [0.5, 0.6) is 0 Å². The van der Waals surface area contributed by atoms with Gasteiger partial charge >= 0.3 is 0 Å². The third-order valence-electron chi connectivity index (χ3n) is 3.40. The van der Waals surface area contributed by atoms with Gasteiger partial charge in [-0.1, -0.05) is 31.2 Å². The molecule has 1 spiro atoms. The molecule has 1 saturated carbocycles. The Kier molecular flexibility index (Phi) is 1.25. The number of fused-ring (bicyclic) bond motifs is 2. The molecule has 1 aliphatic carbocycles. The third-order valence-corrected chi connectivity index (χ3v) is 5.56. The van der Waals surface area contributed by atoms with Crippen LogP contribution in [0.4, 0.5) is 0 Å². The summed E-state index contributed by atoms with van der Waals surface area (Å²) in [4.78, 5) is 0. The minimum Gasteiger partial charge on any atom is -0.106 e. The van der Waals surface area contributed by atoms with E-state index >= 15 is 0 Å². The molecule has 0 aromatic heterocycles. The third kappa shape index (κ3) is 0.721. The van der Waals surface area contributed by atoms with Crippen molar-refractivity contribution in [2.45, 2.75) is 24.7 Å². The van der Waals surface area contributed by atoms with Gasteiger partial charge in [0.25, 0.3) is 0 Å². The van der Waals surface area contributed by atoms with Gasteiger partial charge in [0.1, 0.15) is 0 Å². The monoisotopic (exact) mass is 176 g/mol. The zero-order valence-electron chi connectivity index (χ0n) is 7.30. The largest absolute Gasteiger partial charge is 0.106 e. The molecule has 0 bridgehead atoms. The summed E-state index contributed by atoms with van der Waals surface area (Å²) in [5.41, 5.74) is 3.30. The van der Waals surface area contributed by atoms with Crippen molar-refractivity contribution in [1.82, 2.24) is 0 Å². The predicted octanol–water partition coefficient (Wildman–Crippen LogP) is 3.11. The molecule has 2 aliphatic rings. The average molecular weight is 176 g/mol. The average Bonchev–Trinajstić information content (AvgIpc) is 2.58. The van der Waals surface area contributed by atoms with Gasteiger partial charge < -0.3 is 0 Å². The first-order valence-electron chi connectivity index (χ1n) is 4.66. The highest BCUT2D eigenvalue weighted by molar-refractivity contribution is 7.39. The SMILES string of the molecule is C[C@H]1C[C@]12PCc1ccccc12. The molecule has 0 saturated heterocycles. The lowest BCUT2D eigenvalue weighted by atomic mass is 10.0. The van der Waals surface area contributed by atoms with Crippen LogP contribution in [-0.4, -0.2) is 0 Å². The van der Waals surface area contributed by atoms with Crippen LogP contribution in [0.25, 0.3) is 0 Å². The van der Waals surface area contributed by atoms with E-state index in [0.717, 1.165) is 14.5 Å². The Hall–Kier alpha value is -0.350. The number of hydrogen-bond acceptors (Lipinski definition) is 0. The molecule has 1 aromatic carbocycles. The summed E-state index contributed by atoms with van der Waals surface area (Å²) in [6.45, 7) is 2.40. The molecule has 0 N–H and O–H groups in total. The minimum absolute atomic E-state index is 0.663. The Bertz CT molecular complexity index is 332. The van der Waals surface area contributed by atoms with Crippen LogP contribution >= 0.6 is 8.58 Å². The molecule has 0 nitrogen and oxygen atoms in total. The van der Waals surface area contributed by atoms with Crippen LogP contribution < -0.4 is 0 Å². The Morgan fingerprint density at radius 3 is 2.92 bits per heavy atom. The van der Waals surface area contributed by atoms with Gasteiger partial charge in [-0.05, 0) is 29.6 Å². The highest BCUT2D eigenvalue weighted by atomic mass is 31.1. The second-order valence-electron chi connectivity index (χ2n) is 4.09. The summed E-state index contributed by atoms with van der Waals surface area (Å²) < 4.78 is 0.